The summed E-state index contributed by atoms with van der Waals surface area (Å²) in [7, 11) is 0. The molecule has 1 amide bonds. The zero-order chi connectivity index (χ0) is 16.4. The Morgan fingerprint density at radius 3 is 2.12 bits per heavy atom. The van der Waals surface area contributed by atoms with Gasteiger partial charge >= 0.3 is 6.01 Å². The van der Waals surface area contributed by atoms with Gasteiger partial charge in [-0.25, -0.2) is 0 Å². The molecule has 2 aromatic carbocycles. The SMILES string of the molecule is O=C(Nc1nc(C2CC2)no1)C(c1ccccc1)c1ccccc1. The lowest BCUT2D eigenvalue weighted by molar-refractivity contribution is -0.116. The van der Waals surface area contributed by atoms with Gasteiger partial charge in [0, 0.05) is 5.92 Å². The molecule has 5 heteroatoms. The van der Waals surface area contributed by atoms with Gasteiger partial charge in [0.2, 0.25) is 5.91 Å². The van der Waals surface area contributed by atoms with Crippen LogP contribution < -0.4 is 5.32 Å². The molecule has 1 aliphatic rings. The number of anilines is 1. The molecule has 24 heavy (non-hydrogen) atoms. The highest BCUT2D eigenvalue weighted by molar-refractivity contribution is 5.96. The minimum absolute atomic E-state index is 0.166. The second kappa shape index (κ2) is 6.28. The van der Waals surface area contributed by atoms with E-state index in [4.69, 9.17) is 4.52 Å². The highest BCUT2D eigenvalue weighted by atomic mass is 16.5. The number of nitrogens with one attached hydrogen (secondary N) is 1. The fourth-order valence-corrected chi connectivity index (χ4v) is 2.76. The molecule has 3 aromatic rings. The van der Waals surface area contributed by atoms with Crippen LogP contribution in [0, 0.1) is 0 Å². The number of rotatable bonds is 5. The molecule has 0 aliphatic heterocycles. The molecule has 0 unspecified atom stereocenters. The first-order chi connectivity index (χ1) is 11.8. The Hall–Kier alpha value is -2.95. The lowest BCUT2D eigenvalue weighted by atomic mass is 9.90. The van der Waals surface area contributed by atoms with Crippen LogP contribution in [0.1, 0.15) is 41.6 Å². The molecule has 0 atom stereocenters. The smallest absolute Gasteiger partial charge is 0.315 e. The number of carbonyl (C=O) groups is 1. The number of hydrogen-bond acceptors (Lipinski definition) is 4. The average Bonchev–Trinajstić information content (AvgIpc) is 3.37. The van der Waals surface area contributed by atoms with Gasteiger partial charge in [-0.05, 0) is 24.0 Å². The van der Waals surface area contributed by atoms with Gasteiger partial charge in [-0.1, -0.05) is 65.8 Å². The Balaban J connectivity index is 1.61. The van der Waals surface area contributed by atoms with Crippen molar-refractivity contribution in [2.75, 3.05) is 5.32 Å². The summed E-state index contributed by atoms with van der Waals surface area (Å²) in [6.07, 6.45) is 2.17. The fourth-order valence-electron chi connectivity index (χ4n) is 2.76. The molecule has 0 radical (unpaired) electrons. The quantitative estimate of drug-likeness (QED) is 0.778. The summed E-state index contributed by atoms with van der Waals surface area (Å²) in [6, 6.07) is 19.5. The van der Waals surface area contributed by atoms with Crippen molar-refractivity contribution in [3.8, 4) is 0 Å². The van der Waals surface area contributed by atoms with Gasteiger partial charge in [0.15, 0.2) is 5.82 Å². The molecular formula is C19H17N3O2. The van der Waals surface area contributed by atoms with E-state index in [9.17, 15) is 4.79 Å². The van der Waals surface area contributed by atoms with Crippen molar-refractivity contribution in [3.63, 3.8) is 0 Å². The third-order valence-corrected chi connectivity index (χ3v) is 4.14. The van der Waals surface area contributed by atoms with E-state index in [0.29, 0.717) is 11.7 Å². The van der Waals surface area contributed by atoms with Gasteiger partial charge in [-0.2, -0.15) is 4.98 Å². The first kappa shape index (κ1) is 14.6. The van der Waals surface area contributed by atoms with Gasteiger partial charge in [0.05, 0.1) is 5.92 Å². The second-order valence-corrected chi connectivity index (χ2v) is 5.98. The van der Waals surface area contributed by atoms with Crippen molar-refractivity contribution in [3.05, 3.63) is 77.6 Å². The standard InChI is InChI=1S/C19H17N3O2/c23-18(21-19-20-17(22-24-19)15-11-12-15)16(13-7-3-1-4-8-13)14-9-5-2-6-10-14/h1-10,15-16H,11-12H2,(H,20,21,22,23). The van der Waals surface area contributed by atoms with E-state index in [2.05, 4.69) is 15.5 Å². The molecule has 0 bridgehead atoms. The molecule has 1 aromatic heterocycles. The molecule has 1 heterocycles. The van der Waals surface area contributed by atoms with Gasteiger partial charge in [0.25, 0.3) is 0 Å². The fraction of sp³-hybridized carbons (Fsp3) is 0.211. The Bertz CT molecular complexity index is 787. The Labute approximate surface area is 139 Å². The molecule has 0 spiro atoms. The van der Waals surface area contributed by atoms with Crippen LogP contribution in [0.2, 0.25) is 0 Å². The van der Waals surface area contributed by atoms with Crippen molar-refractivity contribution >= 4 is 11.9 Å². The second-order valence-electron chi connectivity index (χ2n) is 5.98. The van der Waals surface area contributed by atoms with Gasteiger partial charge < -0.3 is 4.52 Å². The topological polar surface area (TPSA) is 68.0 Å². The minimum atomic E-state index is -0.427. The molecule has 1 fully saturated rings. The number of carbonyl (C=O) groups excluding carboxylic acids is 1. The normalized spacial score (nSPS) is 13.9. The molecule has 1 aliphatic carbocycles. The van der Waals surface area contributed by atoms with Crippen molar-refractivity contribution in [1.29, 1.82) is 0 Å². The summed E-state index contributed by atoms with van der Waals surface area (Å²) in [5.74, 6) is 0.460. The molecule has 0 saturated heterocycles. The van der Waals surface area contributed by atoms with Gasteiger partial charge in [-0.3, -0.25) is 10.1 Å². The van der Waals surface area contributed by atoms with E-state index in [1.165, 1.54) is 0 Å². The van der Waals surface area contributed by atoms with Crippen LogP contribution in [-0.2, 0) is 4.79 Å². The first-order valence-corrected chi connectivity index (χ1v) is 8.05. The zero-order valence-corrected chi connectivity index (χ0v) is 13.1. The van der Waals surface area contributed by atoms with Crippen LogP contribution in [0.5, 0.6) is 0 Å². The Morgan fingerprint density at radius 2 is 1.58 bits per heavy atom. The maximum Gasteiger partial charge on any atom is 0.328 e. The summed E-state index contributed by atoms with van der Waals surface area (Å²) in [5, 5.41) is 6.70. The lowest BCUT2D eigenvalue weighted by Gasteiger charge is -2.16. The maximum atomic E-state index is 12.9. The van der Waals surface area contributed by atoms with Crippen molar-refractivity contribution in [2.45, 2.75) is 24.7 Å². The minimum Gasteiger partial charge on any atom is -0.315 e. The third-order valence-electron chi connectivity index (χ3n) is 4.14. The number of nitrogens with zero attached hydrogens (tertiary/aromatic N) is 2. The summed E-state index contributed by atoms with van der Waals surface area (Å²) < 4.78 is 5.17. The Kier molecular flexibility index (Phi) is 3.83. The van der Waals surface area contributed by atoms with Gasteiger partial charge in [0.1, 0.15) is 0 Å². The first-order valence-electron chi connectivity index (χ1n) is 8.05. The number of amides is 1. The highest BCUT2D eigenvalue weighted by Crippen LogP contribution is 2.38. The molecule has 5 nitrogen and oxygen atoms in total. The van der Waals surface area contributed by atoms with E-state index >= 15 is 0 Å². The summed E-state index contributed by atoms with van der Waals surface area (Å²) in [4.78, 5) is 17.1. The van der Waals surface area contributed by atoms with E-state index in [-0.39, 0.29) is 11.9 Å². The lowest BCUT2D eigenvalue weighted by Crippen LogP contribution is -2.22. The Morgan fingerprint density at radius 1 is 1.00 bits per heavy atom. The molecule has 1 N–H and O–H groups in total. The van der Waals surface area contributed by atoms with Crippen molar-refractivity contribution < 1.29 is 9.32 Å². The summed E-state index contributed by atoms with van der Waals surface area (Å²) >= 11 is 0. The van der Waals surface area contributed by atoms with Crippen LogP contribution in [0.25, 0.3) is 0 Å². The third kappa shape index (κ3) is 3.06. The van der Waals surface area contributed by atoms with Crippen LogP contribution in [0.15, 0.2) is 65.2 Å². The van der Waals surface area contributed by atoms with Crippen molar-refractivity contribution in [2.24, 2.45) is 0 Å². The molecule has 1 saturated carbocycles. The predicted octanol–water partition coefficient (Wildman–Crippen LogP) is 3.72. The van der Waals surface area contributed by atoms with Gasteiger partial charge in [-0.15, -0.1) is 0 Å². The predicted molar refractivity (Wildman–Crippen MR) is 89.6 cm³/mol. The average molecular weight is 319 g/mol. The number of aromatic nitrogens is 2. The monoisotopic (exact) mass is 319 g/mol. The highest BCUT2D eigenvalue weighted by Gasteiger charge is 2.30. The van der Waals surface area contributed by atoms with Crippen LogP contribution >= 0.6 is 0 Å². The van der Waals surface area contributed by atoms with Crippen LogP contribution in [-0.4, -0.2) is 16.0 Å². The molecule has 120 valence electrons. The van der Waals surface area contributed by atoms with Crippen molar-refractivity contribution in [1.82, 2.24) is 10.1 Å². The van der Waals surface area contributed by atoms with Crippen LogP contribution in [0.3, 0.4) is 0 Å². The van der Waals surface area contributed by atoms with E-state index in [0.717, 1.165) is 24.0 Å². The summed E-state index contributed by atoms with van der Waals surface area (Å²) in [5.41, 5.74) is 1.84. The zero-order valence-electron chi connectivity index (χ0n) is 13.1. The van der Waals surface area contributed by atoms with E-state index < -0.39 is 5.92 Å². The summed E-state index contributed by atoms with van der Waals surface area (Å²) in [6.45, 7) is 0. The number of benzene rings is 2. The van der Waals surface area contributed by atoms with E-state index in [1.54, 1.807) is 0 Å². The molecular weight excluding hydrogens is 302 g/mol. The number of hydrogen-bond donors (Lipinski definition) is 1. The maximum absolute atomic E-state index is 12.9. The largest absolute Gasteiger partial charge is 0.328 e. The van der Waals surface area contributed by atoms with E-state index in [1.807, 2.05) is 60.7 Å². The molecule has 4 rings (SSSR count). The van der Waals surface area contributed by atoms with Crippen LogP contribution in [0.4, 0.5) is 6.01 Å².